The van der Waals surface area contributed by atoms with Gasteiger partial charge in [0.25, 0.3) is 10.1 Å². The minimum atomic E-state index is -3.77. The van der Waals surface area contributed by atoms with Gasteiger partial charge >= 0.3 is 0 Å². The Balaban J connectivity index is 1.66. The van der Waals surface area contributed by atoms with E-state index in [0.717, 1.165) is 41.9 Å². The van der Waals surface area contributed by atoms with Crippen LogP contribution in [-0.4, -0.2) is 27.7 Å². The Hall–Kier alpha value is -2.31. The second-order valence-corrected chi connectivity index (χ2v) is 9.20. The molecule has 0 saturated heterocycles. The summed E-state index contributed by atoms with van der Waals surface area (Å²) >= 11 is 0. The van der Waals surface area contributed by atoms with Gasteiger partial charge in [0.1, 0.15) is 24.2 Å². The van der Waals surface area contributed by atoms with Gasteiger partial charge < -0.3 is 9.47 Å². The standard InChI is InChI=1S/C24H30O5S/c1-4-6-7-21-22-17-19(27-15-5-2)10-13-23(22)29-24(21)14-16-28-30(25,26)20-11-8-18(3)9-12-20/h5,8-13,17,21,24H,2,4,6-7,14-16H2,1,3H3/t21-,24-/m0/s1. The zero-order chi connectivity index (χ0) is 21.6. The first kappa shape index (κ1) is 22.4. The number of rotatable bonds is 11. The molecule has 162 valence electrons. The molecular weight excluding hydrogens is 400 g/mol. The predicted molar refractivity (Wildman–Crippen MR) is 118 cm³/mol. The van der Waals surface area contributed by atoms with Crippen molar-refractivity contribution >= 4 is 10.1 Å². The third-order valence-electron chi connectivity index (χ3n) is 5.29. The Morgan fingerprint density at radius 2 is 1.90 bits per heavy atom. The predicted octanol–water partition coefficient (Wildman–Crippen LogP) is 5.39. The molecule has 3 rings (SSSR count). The fourth-order valence-electron chi connectivity index (χ4n) is 3.69. The topological polar surface area (TPSA) is 61.8 Å². The fraction of sp³-hybridized carbons (Fsp3) is 0.417. The van der Waals surface area contributed by atoms with E-state index < -0.39 is 10.1 Å². The van der Waals surface area contributed by atoms with E-state index in [-0.39, 0.29) is 23.5 Å². The lowest BCUT2D eigenvalue weighted by Gasteiger charge is -2.19. The van der Waals surface area contributed by atoms with Crippen LogP contribution in [0.2, 0.25) is 0 Å². The summed E-state index contributed by atoms with van der Waals surface area (Å²) < 4.78 is 42.0. The van der Waals surface area contributed by atoms with E-state index in [2.05, 4.69) is 13.5 Å². The highest BCUT2D eigenvalue weighted by Gasteiger charge is 2.34. The maximum atomic E-state index is 12.4. The van der Waals surface area contributed by atoms with Crippen molar-refractivity contribution in [3.05, 3.63) is 66.2 Å². The average Bonchev–Trinajstić information content (AvgIpc) is 3.07. The molecule has 0 radical (unpaired) electrons. The van der Waals surface area contributed by atoms with Crippen molar-refractivity contribution in [3.63, 3.8) is 0 Å². The third-order valence-corrected chi connectivity index (χ3v) is 6.62. The Morgan fingerprint density at radius 3 is 2.60 bits per heavy atom. The Bertz CT molecular complexity index is 950. The summed E-state index contributed by atoms with van der Waals surface area (Å²) in [5, 5.41) is 0. The first-order chi connectivity index (χ1) is 14.4. The molecule has 6 heteroatoms. The van der Waals surface area contributed by atoms with Gasteiger partial charge in [-0.05, 0) is 43.7 Å². The van der Waals surface area contributed by atoms with Crippen LogP contribution in [-0.2, 0) is 14.3 Å². The summed E-state index contributed by atoms with van der Waals surface area (Å²) in [5.74, 6) is 1.82. The number of aryl methyl sites for hydroxylation is 1. The second kappa shape index (κ2) is 10.1. The monoisotopic (exact) mass is 430 g/mol. The maximum Gasteiger partial charge on any atom is 0.296 e. The van der Waals surface area contributed by atoms with Crippen LogP contribution in [0.5, 0.6) is 11.5 Å². The molecule has 1 heterocycles. The van der Waals surface area contributed by atoms with Gasteiger partial charge in [0.15, 0.2) is 0 Å². The summed E-state index contributed by atoms with van der Waals surface area (Å²) in [5.41, 5.74) is 2.12. The molecule has 2 aromatic rings. The summed E-state index contributed by atoms with van der Waals surface area (Å²) in [7, 11) is -3.77. The van der Waals surface area contributed by atoms with Crippen molar-refractivity contribution in [1.29, 1.82) is 0 Å². The molecular formula is C24H30O5S. The zero-order valence-electron chi connectivity index (χ0n) is 17.7. The van der Waals surface area contributed by atoms with Crippen LogP contribution in [0.1, 0.15) is 49.7 Å². The molecule has 1 aliphatic rings. The van der Waals surface area contributed by atoms with Crippen molar-refractivity contribution in [1.82, 2.24) is 0 Å². The molecule has 1 aliphatic heterocycles. The number of hydrogen-bond acceptors (Lipinski definition) is 5. The molecule has 0 aromatic heterocycles. The van der Waals surface area contributed by atoms with Crippen LogP contribution in [0.15, 0.2) is 60.0 Å². The number of hydrogen-bond donors (Lipinski definition) is 0. The fourth-order valence-corrected chi connectivity index (χ4v) is 4.61. The molecule has 0 spiro atoms. The minimum absolute atomic E-state index is 0.0807. The van der Waals surface area contributed by atoms with E-state index in [1.54, 1.807) is 30.3 Å². The van der Waals surface area contributed by atoms with Crippen molar-refractivity contribution in [3.8, 4) is 11.5 Å². The molecule has 5 nitrogen and oxygen atoms in total. The van der Waals surface area contributed by atoms with Crippen LogP contribution in [0.3, 0.4) is 0 Å². The number of unbranched alkanes of at least 4 members (excludes halogenated alkanes) is 1. The van der Waals surface area contributed by atoms with E-state index in [9.17, 15) is 8.42 Å². The summed E-state index contributed by atoms with van der Waals surface area (Å²) in [4.78, 5) is 0.176. The quantitative estimate of drug-likeness (QED) is 0.353. The third kappa shape index (κ3) is 5.43. The Morgan fingerprint density at radius 1 is 1.13 bits per heavy atom. The minimum Gasteiger partial charge on any atom is -0.490 e. The molecule has 0 aliphatic carbocycles. The molecule has 0 unspecified atom stereocenters. The summed E-state index contributed by atoms with van der Waals surface area (Å²) in [6.07, 6.45) is 5.23. The van der Waals surface area contributed by atoms with Crippen molar-refractivity contribution in [2.24, 2.45) is 0 Å². The first-order valence-corrected chi connectivity index (χ1v) is 11.9. The first-order valence-electron chi connectivity index (χ1n) is 10.4. The van der Waals surface area contributed by atoms with E-state index in [0.29, 0.717) is 13.0 Å². The van der Waals surface area contributed by atoms with Crippen molar-refractivity contribution in [2.75, 3.05) is 13.2 Å². The van der Waals surface area contributed by atoms with Gasteiger partial charge in [-0.1, -0.05) is 50.1 Å². The van der Waals surface area contributed by atoms with Crippen LogP contribution in [0.25, 0.3) is 0 Å². The van der Waals surface area contributed by atoms with E-state index in [4.69, 9.17) is 13.7 Å². The van der Waals surface area contributed by atoms with Crippen LogP contribution in [0.4, 0.5) is 0 Å². The highest BCUT2D eigenvalue weighted by Crippen LogP contribution is 2.44. The molecule has 2 aromatic carbocycles. The van der Waals surface area contributed by atoms with Gasteiger partial charge in [-0.3, -0.25) is 4.18 Å². The second-order valence-electron chi connectivity index (χ2n) is 7.58. The molecule has 0 bridgehead atoms. The molecule has 30 heavy (non-hydrogen) atoms. The molecule has 0 fully saturated rings. The largest absolute Gasteiger partial charge is 0.490 e. The van der Waals surface area contributed by atoms with Gasteiger partial charge in [-0.15, -0.1) is 0 Å². The SMILES string of the molecule is C=CCOc1ccc2c(c1)[C@H](CCCC)[C@H](CCOS(=O)(=O)c1ccc(C)cc1)O2. The van der Waals surface area contributed by atoms with Crippen molar-refractivity contribution in [2.45, 2.75) is 56.4 Å². The van der Waals surface area contributed by atoms with Gasteiger partial charge in [0, 0.05) is 17.9 Å². The molecule has 0 N–H and O–H groups in total. The molecule has 0 amide bonds. The van der Waals surface area contributed by atoms with E-state index in [1.165, 1.54) is 0 Å². The Kier molecular flexibility index (Phi) is 7.56. The zero-order valence-corrected chi connectivity index (χ0v) is 18.5. The normalized spacial score (nSPS) is 17.9. The lowest BCUT2D eigenvalue weighted by atomic mass is 9.89. The smallest absolute Gasteiger partial charge is 0.296 e. The average molecular weight is 431 g/mol. The van der Waals surface area contributed by atoms with Crippen molar-refractivity contribution < 1.29 is 22.1 Å². The Labute approximate surface area is 179 Å². The van der Waals surface area contributed by atoms with E-state index >= 15 is 0 Å². The summed E-state index contributed by atoms with van der Waals surface area (Å²) in [6.45, 7) is 8.29. The van der Waals surface area contributed by atoms with Gasteiger partial charge in [-0.2, -0.15) is 8.42 Å². The van der Waals surface area contributed by atoms with Gasteiger partial charge in [0.2, 0.25) is 0 Å². The van der Waals surface area contributed by atoms with Gasteiger partial charge in [0.05, 0.1) is 11.5 Å². The lowest BCUT2D eigenvalue weighted by molar-refractivity contribution is 0.160. The number of benzene rings is 2. The van der Waals surface area contributed by atoms with Crippen LogP contribution >= 0.6 is 0 Å². The van der Waals surface area contributed by atoms with Gasteiger partial charge in [-0.25, -0.2) is 0 Å². The highest BCUT2D eigenvalue weighted by atomic mass is 32.2. The van der Waals surface area contributed by atoms with Crippen LogP contribution in [0, 0.1) is 6.92 Å². The maximum absolute atomic E-state index is 12.4. The molecule has 0 saturated carbocycles. The van der Waals surface area contributed by atoms with Crippen LogP contribution < -0.4 is 9.47 Å². The number of fused-ring (bicyclic) bond motifs is 1. The lowest BCUT2D eigenvalue weighted by Crippen LogP contribution is -2.22. The highest BCUT2D eigenvalue weighted by molar-refractivity contribution is 7.86. The summed E-state index contributed by atoms with van der Waals surface area (Å²) in [6, 6.07) is 12.5. The molecule has 2 atom stereocenters. The van der Waals surface area contributed by atoms with E-state index in [1.807, 2.05) is 25.1 Å². The number of ether oxygens (including phenoxy) is 2.